The molecule has 1 N–H and O–H groups in total. The normalized spacial score (nSPS) is 32.2. The fraction of sp³-hybridized carbons (Fsp3) is 0.579. The number of nitrogens with zero attached hydrogens (tertiary/aromatic N) is 2. The molecule has 5 heteroatoms. The molecule has 4 fully saturated rings. The van der Waals surface area contributed by atoms with Gasteiger partial charge >= 0.3 is 0 Å². The number of carbonyl (C=O) groups is 1. The molecule has 3 saturated heterocycles. The van der Waals surface area contributed by atoms with Gasteiger partial charge < -0.3 is 5.32 Å². The lowest BCUT2D eigenvalue weighted by molar-refractivity contribution is 0.0217. The highest BCUT2D eigenvalue weighted by molar-refractivity contribution is 7.18. The number of rotatable bonds is 3. The van der Waals surface area contributed by atoms with Crippen LogP contribution >= 0.6 is 11.3 Å². The average molecular weight is 341 g/mol. The Bertz CT molecular complexity index is 787. The molecule has 2 aromatic rings. The van der Waals surface area contributed by atoms with Crippen molar-refractivity contribution in [2.24, 2.45) is 5.92 Å². The number of thiazole rings is 1. The number of benzene rings is 1. The molecule has 0 spiro atoms. The smallest absolute Gasteiger partial charge is 0.251 e. The fourth-order valence-corrected chi connectivity index (χ4v) is 5.49. The van der Waals surface area contributed by atoms with E-state index in [1.54, 1.807) is 11.3 Å². The molecular weight excluding hydrogens is 318 g/mol. The lowest BCUT2D eigenvalue weighted by Gasteiger charge is -2.49. The topological polar surface area (TPSA) is 45.2 Å². The summed E-state index contributed by atoms with van der Waals surface area (Å²) in [6.07, 6.45) is 4.96. The number of hydrogen-bond acceptors (Lipinski definition) is 4. The van der Waals surface area contributed by atoms with Gasteiger partial charge in [0.25, 0.3) is 5.91 Å². The van der Waals surface area contributed by atoms with Crippen LogP contribution in [0.4, 0.5) is 0 Å². The molecule has 1 amide bonds. The van der Waals surface area contributed by atoms with E-state index >= 15 is 0 Å². The van der Waals surface area contributed by atoms with Crippen molar-refractivity contribution in [2.75, 3.05) is 13.1 Å². The number of aromatic nitrogens is 1. The second kappa shape index (κ2) is 5.53. The van der Waals surface area contributed by atoms with E-state index in [4.69, 9.17) is 4.98 Å². The molecule has 2 bridgehead atoms. The summed E-state index contributed by atoms with van der Waals surface area (Å²) in [5.41, 5.74) is 1.73. The zero-order valence-corrected chi connectivity index (χ0v) is 14.8. The zero-order valence-electron chi connectivity index (χ0n) is 14.0. The summed E-state index contributed by atoms with van der Waals surface area (Å²) in [6.45, 7) is 4.63. The molecule has 1 aliphatic carbocycles. The van der Waals surface area contributed by atoms with Crippen LogP contribution in [-0.4, -0.2) is 41.0 Å². The van der Waals surface area contributed by atoms with E-state index in [0.29, 0.717) is 17.9 Å². The summed E-state index contributed by atoms with van der Waals surface area (Å²) in [5, 5.41) is 4.56. The van der Waals surface area contributed by atoms with E-state index in [-0.39, 0.29) is 11.9 Å². The van der Waals surface area contributed by atoms with E-state index in [1.807, 2.05) is 12.1 Å². The van der Waals surface area contributed by atoms with Crippen molar-refractivity contribution in [2.45, 2.75) is 50.6 Å². The van der Waals surface area contributed by atoms with Crippen molar-refractivity contribution in [3.05, 3.63) is 28.8 Å². The van der Waals surface area contributed by atoms with Crippen molar-refractivity contribution in [1.29, 1.82) is 0 Å². The number of piperidine rings is 3. The van der Waals surface area contributed by atoms with Crippen molar-refractivity contribution in [3.8, 4) is 0 Å². The molecule has 4 aliphatic rings. The van der Waals surface area contributed by atoms with Gasteiger partial charge in [-0.15, -0.1) is 11.3 Å². The summed E-state index contributed by atoms with van der Waals surface area (Å²) in [7, 11) is 0. The summed E-state index contributed by atoms with van der Waals surface area (Å²) < 4.78 is 1.20. The molecule has 126 valence electrons. The number of fused-ring (bicyclic) bond motifs is 4. The van der Waals surface area contributed by atoms with Crippen LogP contribution in [0.1, 0.15) is 53.9 Å². The van der Waals surface area contributed by atoms with Crippen LogP contribution in [0.25, 0.3) is 10.2 Å². The Morgan fingerprint density at radius 2 is 2.04 bits per heavy atom. The van der Waals surface area contributed by atoms with Crippen LogP contribution in [0.3, 0.4) is 0 Å². The Balaban J connectivity index is 1.37. The van der Waals surface area contributed by atoms with E-state index in [2.05, 4.69) is 23.2 Å². The molecule has 6 rings (SSSR count). The Morgan fingerprint density at radius 3 is 2.75 bits per heavy atom. The first-order valence-corrected chi connectivity index (χ1v) is 9.96. The molecule has 0 radical (unpaired) electrons. The van der Waals surface area contributed by atoms with Crippen molar-refractivity contribution in [3.63, 3.8) is 0 Å². The van der Waals surface area contributed by atoms with Crippen LogP contribution < -0.4 is 5.32 Å². The van der Waals surface area contributed by atoms with Gasteiger partial charge in [-0.25, -0.2) is 4.98 Å². The largest absolute Gasteiger partial charge is 0.347 e. The van der Waals surface area contributed by atoms with Crippen LogP contribution in [-0.2, 0) is 0 Å². The molecule has 1 aromatic heterocycles. The SMILES string of the molecule is C[C@H]1[C@H](NC(=O)c2ccc3sc(C4CC4)nc3c2)C2CCN1CC2. The molecule has 4 nitrogen and oxygen atoms in total. The quantitative estimate of drug-likeness (QED) is 0.931. The molecule has 0 unspecified atom stereocenters. The maximum atomic E-state index is 12.8. The summed E-state index contributed by atoms with van der Waals surface area (Å²) in [4.78, 5) is 20.0. The summed E-state index contributed by atoms with van der Waals surface area (Å²) >= 11 is 1.78. The van der Waals surface area contributed by atoms with Gasteiger partial charge in [0.1, 0.15) is 0 Å². The standard InChI is InChI=1S/C19H23N3OS/c1-11-17(12-6-8-22(11)9-7-12)21-18(23)14-4-5-16-15(10-14)20-19(24-16)13-2-3-13/h4-5,10-13,17H,2-3,6-9H2,1H3,(H,21,23)/t11-,17-/m0/s1. The van der Waals surface area contributed by atoms with E-state index < -0.39 is 0 Å². The van der Waals surface area contributed by atoms with Gasteiger partial charge in [0.2, 0.25) is 0 Å². The minimum atomic E-state index is 0.0588. The van der Waals surface area contributed by atoms with Crippen LogP contribution in [0.2, 0.25) is 0 Å². The first-order valence-electron chi connectivity index (χ1n) is 9.14. The van der Waals surface area contributed by atoms with Gasteiger partial charge in [-0.2, -0.15) is 0 Å². The third kappa shape index (κ3) is 2.45. The van der Waals surface area contributed by atoms with Crippen LogP contribution in [0.15, 0.2) is 18.2 Å². The van der Waals surface area contributed by atoms with Crippen molar-refractivity contribution >= 4 is 27.5 Å². The van der Waals surface area contributed by atoms with E-state index in [9.17, 15) is 4.79 Å². The van der Waals surface area contributed by atoms with Crippen molar-refractivity contribution in [1.82, 2.24) is 15.2 Å². The average Bonchev–Trinajstić information content (AvgIpc) is 3.37. The second-order valence-electron chi connectivity index (χ2n) is 7.62. The highest BCUT2D eigenvalue weighted by Gasteiger charge is 2.40. The summed E-state index contributed by atoms with van der Waals surface area (Å²) in [5.74, 6) is 1.37. The lowest BCUT2D eigenvalue weighted by Crippen LogP contribution is -2.62. The van der Waals surface area contributed by atoms with Gasteiger partial charge in [-0.1, -0.05) is 0 Å². The van der Waals surface area contributed by atoms with Gasteiger partial charge in [-0.05, 0) is 69.8 Å². The maximum absolute atomic E-state index is 12.8. The van der Waals surface area contributed by atoms with Gasteiger partial charge in [0.05, 0.1) is 15.2 Å². The lowest BCUT2D eigenvalue weighted by atomic mass is 9.79. The Kier molecular flexibility index (Phi) is 3.42. The predicted molar refractivity (Wildman–Crippen MR) is 96.6 cm³/mol. The zero-order chi connectivity index (χ0) is 16.3. The molecule has 1 aromatic carbocycles. The first kappa shape index (κ1) is 14.8. The monoisotopic (exact) mass is 341 g/mol. The predicted octanol–water partition coefficient (Wildman–Crippen LogP) is 3.39. The molecule has 24 heavy (non-hydrogen) atoms. The number of carbonyl (C=O) groups excluding carboxylic acids is 1. The summed E-state index contributed by atoms with van der Waals surface area (Å²) in [6, 6.07) is 6.73. The third-order valence-electron chi connectivity index (χ3n) is 6.07. The minimum absolute atomic E-state index is 0.0588. The number of nitrogens with one attached hydrogen (secondary N) is 1. The molecule has 4 heterocycles. The fourth-order valence-electron chi connectivity index (χ4n) is 4.37. The number of hydrogen-bond donors (Lipinski definition) is 1. The van der Waals surface area contributed by atoms with Gasteiger partial charge in [-0.3, -0.25) is 9.69 Å². The van der Waals surface area contributed by atoms with Crippen LogP contribution in [0, 0.1) is 5.92 Å². The Morgan fingerprint density at radius 1 is 1.25 bits per heavy atom. The first-order chi connectivity index (χ1) is 11.7. The van der Waals surface area contributed by atoms with Crippen LogP contribution in [0.5, 0.6) is 0 Å². The van der Waals surface area contributed by atoms with Gasteiger partial charge in [0, 0.05) is 23.6 Å². The van der Waals surface area contributed by atoms with E-state index in [0.717, 1.165) is 11.1 Å². The highest BCUT2D eigenvalue weighted by atomic mass is 32.1. The molecular formula is C19H23N3OS. The van der Waals surface area contributed by atoms with Crippen molar-refractivity contribution < 1.29 is 4.79 Å². The van der Waals surface area contributed by atoms with E-state index in [1.165, 1.54) is 48.5 Å². The third-order valence-corrected chi connectivity index (χ3v) is 7.27. The molecule has 2 atom stereocenters. The second-order valence-corrected chi connectivity index (χ2v) is 8.68. The number of amides is 1. The van der Waals surface area contributed by atoms with Gasteiger partial charge in [0.15, 0.2) is 0 Å². The molecule has 3 aliphatic heterocycles. The minimum Gasteiger partial charge on any atom is -0.347 e. The Labute approximate surface area is 146 Å². The Hall–Kier alpha value is -1.46. The molecule has 1 saturated carbocycles. The highest BCUT2D eigenvalue weighted by Crippen LogP contribution is 2.43. The maximum Gasteiger partial charge on any atom is 0.251 e.